The number of urea groups is 1. The van der Waals surface area contributed by atoms with Crippen LogP contribution in [0, 0.1) is 12.3 Å². The summed E-state index contributed by atoms with van der Waals surface area (Å²) in [4.78, 5) is 25.4. The summed E-state index contributed by atoms with van der Waals surface area (Å²) in [5.74, 6) is 1.11. The number of benzene rings is 2. The molecule has 2 aliphatic rings. The third-order valence-electron chi connectivity index (χ3n) is 7.81. The topological polar surface area (TPSA) is 93.8 Å². The van der Waals surface area contributed by atoms with Gasteiger partial charge < -0.3 is 5.32 Å². The van der Waals surface area contributed by atoms with Crippen LogP contribution < -0.4 is 10.6 Å². The van der Waals surface area contributed by atoms with Crippen molar-refractivity contribution in [3.05, 3.63) is 84.2 Å². The Morgan fingerprint density at radius 2 is 1.73 bits per heavy atom. The number of ketones is 1. The maximum absolute atomic E-state index is 13.5. The van der Waals surface area contributed by atoms with Crippen molar-refractivity contribution in [1.82, 2.24) is 24.9 Å². The van der Waals surface area contributed by atoms with Gasteiger partial charge in [0.25, 0.3) is 0 Å². The van der Waals surface area contributed by atoms with Crippen LogP contribution in [-0.2, 0) is 11.8 Å². The lowest BCUT2D eigenvalue weighted by atomic mass is 9.66. The van der Waals surface area contributed by atoms with Crippen LogP contribution in [0.3, 0.4) is 0 Å². The highest BCUT2D eigenvalue weighted by atomic mass is 16.2. The number of hydrogen-bond donors (Lipinski definition) is 2. The normalized spacial score (nSPS) is 20.1. The standard InChI is InChI=1S/C29H30N6O2/c1-19-26(21-17-30-34(2)18-21)33-35(22-11-7-4-8-12-22)27(19)32-28(37)31-25-16-29(13-23(36)14-29)15-24(25)20-9-5-3-6-10-20/h3-12,17-18,24-25H,13-16H2,1-2H3,(H2,31,32,37)/t24-,25+/m0/s1. The Hall–Kier alpha value is -4.20. The van der Waals surface area contributed by atoms with Crippen molar-refractivity contribution in [2.75, 3.05) is 5.32 Å². The maximum Gasteiger partial charge on any atom is 0.320 e. The molecule has 1 spiro atoms. The van der Waals surface area contributed by atoms with E-state index >= 15 is 0 Å². The summed E-state index contributed by atoms with van der Waals surface area (Å²) in [7, 11) is 1.87. The Morgan fingerprint density at radius 3 is 2.38 bits per heavy atom. The lowest BCUT2D eigenvalue weighted by Crippen LogP contribution is -2.41. The van der Waals surface area contributed by atoms with Gasteiger partial charge in [0, 0.05) is 49.2 Å². The minimum atomic E-state index is -0.272. The van der Waals surface area contributed by atoms with Crippen LogP contribution in [0.5, 0.6) is 0 Å². The summed E-state index contributed by atoms with van der Waals surface area (Å²) in [5, 5.41) is 15.5. The number of para-hydroxylation sites is 1. The molecule has 8 heteroatoms. The van der Waals surface area contributed by atoms with Crippen LogP contribution in [0.2, 0.25) is 0 Å². The molecule has 2 heterocycles. The smallest absolute Gasteiger partial charge is 0.320 e. The second kappa shape index (κ2) is 9.03. The zero-order valence-electron chi connectivity index (χ0n) is 21.0. The summed E-state index contributed by atoms with van der Waals surface area (Å²) in [6.07, 6.45) is 6.64. The number of rotatable bonds is 5. The van der Waals surface area contributed by atoms with Crippen LogP contribution in [0.1, 0.15) is 42.7 Å². The first-order valence-corrected chi connectivity index (χ1v) is 12.7. The summed E-state index contributed by atoms with van der Waals surface area (Å²) in [5.41, 5.74) is 4.57. The van der Waals surface area contributed by atoms with Crippen LogP contribution in [0.15, 0.2) is 73.1 Å². The van der Waals surface area contributed by atoms with Gasteiger partial charge in [-0.2, -0.15) is 10.2 Å². The minimum absolute atomic E-state index is 0.00471. The predicted octanol–water partition coefficient (Wildman–Crippen LogP) is 5.00. The van der Waals surface area contributed by atoms with E-state index in [1.807, 2.05) is 68.7 Å². The van der Waals surface area contributed by atoms with Gasteiger partial charge in [0.2, 0.25) is 0 Å². The maximum atomic E-state index is 13.5. The summed E-state index contributed by atoms with van der Waals surface area (Å²) in [6.45, 7) is 1.96. The fraction of sp³-hybridized carbons (Fsp3) is 0.310. The summed E-state index contributed by atoms with van der Waals surface area (Å²) in [6, 6.07) is 19.7. The Kier molecular flexibility index (Phi) is 5.67. The molecule has 2 amide bonds. The number of aryl methyl sites for hydroxylation is 1. The van der Waals surface area contributed by atoms with Gasteiger partial charge in [-0.25, -0.2) is 9.48 Å². The second-order valence-electron chi connectivity index (χ2n) is 10.5. The molecule has 0 radical (unpaired) electrons. The van der Waals surface area contributed by atoms with E-state index < -0.39 is 0 Å². The second-order valence-corrected chi connectivity index (χ2v) is 10.5. The molecule has 2 aromatic heterocycles. The van der Waals surface area contributed by atoms with Crippen LogP contribution >= 0.6 is 0 Å². The van der Waals surface area contributed by atoms with Crippen molar-refractivity contribution in [3.63, 3.8) is 0 Å². The first kappa shape index (κ1) is 23.2. The van der Waals surface area contributed by atoms with E-state index in [2.05, 4.69) is 27.9 Å². The van der Waals surface area contributed by atoms with Crippen molar-refractivity contribution in [2.24, 2.45) is 12.5 Å². The number of amides is 2. The largest absolute Gasteiger partial charge is 0.334 e. The van der Waals surface area contributed by atoms with E-state index in [1.54, 1.807) is 15.6 Å². The number of carbonyl (C=O) groups excluding carboxylic acids is 2. The van der Waals surface area contributed by atoms with E-state index in [4.69, 9.17) is 5.10 Å². The lowest BCUT2D eigenvalue weighted by molar-refractivity contribution is -0.132. The highest BCUT2D eigenvalue weighted by Gasteiger charge is 2.53. The molecule has 8 nitrogen and oxygen atoms in total. The molecular formula is C29H30N6O2. The lowest BCUT2D eigenvalue weighted by Gasteiger charge is -2.37. The van der Waals surface area contributed by atoms with Crippen LogP contribution in [0.25, 0.3) is 16.9 Å². The van der Waals surface area contributed by atoms with Crippen molar-refractivity contribution in [1.29, 1.82) is 0 Å². The zero-order valence-corrected chi connectivity index (χ0v) is 21.0. The molecule has 2 N–H and O–H groups in total. The fourth-order valence-electron chi connectivity index (χ4n) is 6.10. The van der Waals surface area contributed by atoms with Crippen molar-refractivity contribution >= 4 is 17.6 Å². The first-order chi connectivity index (χ1) is 17.9. The SMILES string of the molecule is Cc1c(-c2cnn(C)c2)nn(-c2ccccc2)c1NC(=O)N[C@@H]1CC2(CC(=O)C2)C[C@H]1c1ccccc1. The van der Waals surface area contributed by atoms with E-state index in [9.17, 15) is 9.59 Å². The molecule has 0 unspecified atom stereocenters. The average molecular weight is 495 g/mol. The molecule has 4 aromatic rings. The van der Waals surface area contributed by atoms with E-state index in [1.165, 1.54) is 5.56 Å². The van der Waals surface area contributed by atoms with Gasteiger partial charge in [0.05, 0.1) is 11.9 Å². The number of Topliss-reactive ketones (excluding diaryl/α,β-unsaturated/α-hetero) is 1. The van der Waals surface area contributed by atoms with Gasteiger partial charge in [-0.15, -0.1) is 0 Å². The van der Waals surface area contributed by atoms with Gasteiger partial charge >= 0.3 is 6.03 Å². The zero-order chi connectivity index (χ0) is 25.6. The summed E-state index contributed by atoms with van der Waals surface area (Å²) >= 11 is 0. The number of carbonyl (C=O) groups is 2. The van der Waals surface area contributed by atoms with Crippen molar-refractivity contribution in [3.8, 4) is 16.9 Å². The Labute approximate surface area is 215 Å². The Morgan fingerprint density at radius 1 is 1.03 bits per heavy atom. The quantitative estimate of drug-likeness (QED) is 0.408. The minimum Gasteiger partial charge on any atom is -0.334 e. The van der Waals surface area contributed by atoms with Gasteiger partial charge in [-0.05, 0) is 42.9 Å². The van der Waals surface area contributed by atoms with Gasteiger partial charge in [-0.1, -0.05) is 48.5 Å². The Balaban J connectivity index is 1.29. The molecule has 2 fully saturated rings. The van der Waals surface area contributed by atoms with Crippen molar-refractivity contribution in [2.45, 2.75) is 44.6 Å². The first-order valence-electron chi connectivity index (χ1n) is 12.7. The molecule has 0 bridgehead atoms. The summed E-state index contributed by atoms with van der Waals surface area (Å²) < 4.78 is 3.51. The molecule has 188 valence electrons. The average Bonchev–Trinajstić information content (AvgIpc) is 3.56. The predicted molar refractivity (Wildman–Crippen MR) is 142 cm³/mol. The molecule has 0 aliphatic heterocycles. The van der Waals surface area contributed by atoms with Gasteiger partial charge in [0.15, 0.2) is 0 Å². The number of aromatic nitrogens is 4. The van der Waals surface area contributed by atoms with Crippen LogP contribution in [0.4, 0.5) is 10.6 Å². The fourth-order valence-corrected chi connectivity index (χ4v) is 6.10. The molecule has 2 aromatic carbocycles. The Bertz CT molecular complexity index is 1450. The number of anilines is 1. The molecule has 2 aliphatic carbocycles. The number of nitrogens with one attached hydrogen (secondary N) is 2. The molecule has 2 saturated carbocycles. The molecule has 0 saturated heterocycles. The van der Waals surface area contributed by atoms with Gasteiger partial charge in [-0.3, -0.25) is 14.8 Å². The van der Waals surface area contributed by atoms with Gasteiger partial charge in [0.1, 0.15) is 17.3 Å². The molecule has 37 heavy (non-hydrogen) atoms. The van der Waals surface area contributed by atoms with E-state index in [0.29, 0.717) is 24.4 Å². The molecule has 2 atom stereocenters. The third-order valence-corrected chi connectivity index (χ3v) is 7.81. The highest BCUT2D eigenvalue weighted by Crippen LogP contribution is 2.56. The molecular weight excluding hydrogens is 464 g/mol. The van der Waals surface area contributed by atoms with E-state index in [0.717, 1.165) is 35.3 Å². The third kappa shape index (κ3) is 4.33. The number of nitrogens with zero attached hydrogens (tertiary/aromatic N) is 4. The van der Waals surface area contributed by atoms with Crippen LogP contribution in [-0.4, -0.2) is 37.4 Å². The monoisotopic (exact) mass is 494 g/mol. The highest BCUT2D eigenvalue weighted by molar-refractivity contribution is 5.91. The van der Waals surface area contributed by atoms with E-state index in [-0.39, 0.29) is 23.4 Å². The number of hydrogen-bond acceptors (Lipinski definition) is 4. The van der Waals surface area contributed by atoms with Crippen molar-refractivity contribution < 1.29 is 9.59 Å². The molecule has 6 rings (SSSR count).